The number of Topliss-reactive ketones (excluding diaryl/α,β-unsaturated/α-hetero) is 1. The van der Waals surface area contributed by atoms with Crippen LogP contribution in [0.25, 0.3) is 0 Å². The first-order valence-electron chi connectivity index (χ1n) is 6.80. The third-order valence-corrected chi connectivity index (χ3v) is 3.20. The molecule has 2 aromatic rings. The standard InChI is InChI=1S/C17H16FNO3/c1-11(16(20)12-7-9-13(18)10-8-12)22-17(21)14-5-3-4-6-15(14)19-2/h3-11,19H,1-2H3/t11-/m0/s1. The van der Waals surface area contributed by atoms with Crippen LogP contribution >= 0.6 is 0 Å². The molecule has 0 spiro atoms. The Bertz CT molecular complexity index is 683. The first-order chi connectivity index (χ1) is 10.5. The molecule has 0 aliphatic rings. The molecule has 114 valence electrons. The fourth-order valence-corrected chi connectivity index (χ4v) is 2.01. The monoisotopic (exact) mass is 301 g/mol. The largest absolute Gasteiger partial charge is 0.451 e. The number of carbonyl (C=O) groups excluding carboxylic acids is 2. The average Bonchev–Trinajstić information content (AvgIpc) is 2.54. The van der Waals surface area contributed by atoms with Crippen LogP contribution in [0.4, 0.5) is 10.1 Å². The van der Waals surface area contributed by atoms with Crippen molar-refractivity contribution in [1.82, 2.24) is 0 Å². The van der Waals surface area contributed by atoms with Crippen molar-refractivity contribution in [2.24, 2.45) is 0 Å². The Hall–Kier alpha value is -2.69. The highest BCUT2D eigenvalue weighted by Crippen LogP contribution is 2.17. The summed E-state index contributed by atoms with van der Waals surface area (Å²) >= 11 is 0. The molecule has 22 heavy (non-hydrogen) atoms. The number of halogens is 1. The average molecular weight is 301 g/mol. The quantitative estimate of drug-likeness (QED) is 0.680. The van der Waals surface area contributed by atoms with Gasteiger partial charge in [-0.1, -0.05) is 12.1 Å². The molecule has 2 aromatic carbocycles. The Morgan fingerprint density at radius 1 is 1.09 bits per heavy atom. The lowest BCUT2D eigenvalue weighted by Crippen LogP contribution is -2.24. The van der Waals surface area contributed by atoms with Crippen molar-refractivity contribution in [3.8, 4) is 0 Å². The summed E-state index contributed by atoms with van der Waals surface area (Å²) in [5.74, 6) is -1.40. The number of para-hydroxylation sites is 1. The number of benzene rings is 2. The first kappa shape index (κ1) is 15.7. The van der Waals surface area contributed by atoms with Gasteiger partial charge in [-0.05, 0) is 43.3 Å². The summed E-state index contributed by atoms with van der Waals surface area (Å²) in [6, 6.07) is 12.0. The van der Waals surface area contributed by atoms with Gasteiger partial charge >= 0.3 is 5.97 Å². The van der Waals surface area contributed by atoms with Gasteiger partial charge in [-0.3, -0.25) is 4.79 Å². The fraction of sp³-hybridized carbons (Fsp3) is 0.176. The Labute approximate surface area is 127 Å². The van der Waals surface area contributed by atoms with Crippen molar-refractivity contribution in [2.75, 3.05) is 12.4 Å². The van der Waals surface area contributed by atoms with E-state index in [0.29, 0.717) is 16.8 Å². The van der Waals surface area contributed by atoms with E-state index >= 15 is 0 Å². The number of anilines is 1. The maximum atomic E-state index is 12.9. The van der Waals surface area contributed by atoms with Gasteiger partial charge in [0.2, 0.25) is 5.78 Å². The summed E-state index contributed by atoms with van der Waals surface area (Å²) in [7, 11) is 1.69. The second-order valence-electron chi connectivity index (χ2n) is 4.71. The van der Waals surface area contributed by atoms with E-state index in [1.165, 1.54) is 31.2 Å². The van der Waals surface area contributed by atoms with Crippen LogP contribution in [0.2, 0.25) is 0 Å². The van der Waals surface area contributed by atoms with Crippen molar-refractivity contribution < 1.29 is 18.7 Å². The van der Waals surface area contributed by atoms with Crippen molar-refractivity contribution >= 4 is 17.4 Å². The number of carbonyl (C=O) groups is 2. The smallest absolute Gasteiger partial charge is 0.340 e. The second-order valence-corrected chi connectivity index (χ2v) is 4.71. The summed E-state index contributed by atoms with van der Waals surface area (Å²) in [5.41, 5.74) is 1.27. The molecule has 4 nitrogen and oxygen atoms in total. The molecule has 0 amide bonds. The van der Waals surface area contributed by atoms with Crippen molar-refractivity contribution in [3.63, 3.8) is 0 Å². The van der Waals surface area contributed by atoms with E-state index in [2.05, 4.69) is 5.32 Å². The maximum Gasteiger partial charge on any atom is 0.340 e. The molecule has 0 aliphatic heterocycles. The predicted octanol–water partition coefficient (Wildman–Crippen LogP) is 3.30. The number of esters is 1. The van der Waals surface area contributed by atoms with Gasteiger partial charge in [0.1, 0.15) is 5.82 Å². The van der Waals surface area contributed by atoms with E-state index in [9.17, 15) is 14.0 Å². The zero-order valence-electron chi connectivity index (χ0n) is 12.3. The number of ether oxygens (including phenoxy) is 1. The van der Waals surface area contributed by atoms with Crippen molar-refractivity contribution in [1.29, 1.82) is 0 Å². The van der Waals surface area contributed by atoms with Crippen molar-refractivity contribution in [3.05, 3.63) is 65.5 Å². The lowest BCUT2D eigenvalue weighted by atomic mass is 10.1. The highest BCUT2D eigenvalue weighted by molar-refractivity contribution is 6.02. The van der Waals surface area contributed by atoms with Crippen molar-refractivity contribution in [2.45, 2.75) is 13.0 Å². The summed E-state index contributed by atoms with van der Waals surface area (Å²) < 4.78 is 18.1. The van der Waals surface area contributed by atoms with Gasteiger partial charge in [0.05, 0.1) is 5.56 Å². The Morgan fingerprint density at radius 3 is 2.36 bits per heavy atom. The zero-order chi connectivity index (χ0) is 16.1. The van der Waals surface area contributed by atoms with Gasteiger partial charge in [0, 0.05) is 18.3 Å². The summed E-state index contributed by atoms with van der Waals surface area (Å²) in [5, 5.41) is 2.89. The highest BCUT2D eigenvalue weighted by Gasteiger charge is 2.21. The zero-order valence-corrected chi connectivity index (χ0v) is 12.3. The summed E-state index contributed by atoms with van der Waals surface area (Å²) in [4.78, 5) is 24.3. The number of nitrogens with one attached hydrogen (secondary N) is 1. The first-order valence-corrected chi connectivity index (χ1v) is 6.80. The Morgan fingerprint density at radius 2 is 1.73 bits per heavy atom. The van der Waals surface area contributed by atoms with E-state index in [1.54, 1.807) is 31.3 Å². The van der Waals surface area contributed by atoms with Gasteiger partial charge in [-0.2, -0.15) is 0 Å². The normalized spacial score (nSPS) is 11.6. The molecule has 0 heterocycles. The molecular weight excluding hydrogens is 285 g/mol. The third kappa shape index (κ3) is 3.49. The predicted molar refractivity (Wildman–Crippen MR) is 81.6 cm³/mol. The molecule has 1 N–H and O–H groups in total. The Balaban J connectivity index is 2.11. The lowest BCUT2D eigenvalue weighted by Gasteiger charge is -2.14. The minimum absolute atomic E-state index is 0.295. The molecule has 0 unspecified atom stereocenters. The molecule has 0 aromatic heterocycles. The Kier molecular flexibility index (Phi) is 4.88. The van der Waals surface area contributed by atoms with Crippen LogP contribution in [0.3, 0.4) is 0 Å². The van der Waals surface area contributed by atoms with Crippen LogP contribution in [0.15, 0.2) is 48.5 Å². The fourth-order valence-electron chi connectivity index (χ4n) is 2.01. The van der Waals surface area contributed by atoms with Crippen LogP contribution in [0.5, 0.6) is 0 Å². The highest BCUT2D eigenvalue weighted by atomic mass is 19.1. The van der Waals surface area contributed by atoms with Gasteiger partial charge in [-0.25, -0.2) is 9.18 Å². The number of ketones is 1. The van der Waals surface area contributed by atoms with Crippen LogP contribution < -0.4 is 5.32 Å². The topological polar surface area (TPSA) is 55.4 Å². The molecule has 0 bridgehead atoms. The van der Waals surface area contributed by atoms with E-state index in [0.717, 1.165) is 0 Å². The minimum atomic E-state index is -0.956. The van der Waals surface area contributed by atoms with Gasteiger partial charge < -0.3 is 10.1 Å². The molecule has 2 rings (SSSR count). The molecule has 0 aliphatic carbocycles. The SMILES string of the molecule is CNc1ccccc1C(=O)O[C@@H](C)C(=O)c1ccc(F)cc1. The van der Waals surface area contributed by atoms with Crippen LogP contribution in [-0.4, -0.2) is 24.9 Å². The third-order valence-electron chi connectivity index (χ3n) is 3.20. The van der Waals surface area contributed by atoms with Crippen LogP contribution in [-0.2, 0) is 4.74 Å². The van der Waals surface area contributed by atoms with E-state index in [4.69, 9.17) is 4.74 Å². The number of rotatable bonds is 5. The van der Waals surface area contributed by atoms with E-state index in [1.807, 2.05) is 0 Å². The molecule has 0 saturated carbocycles. The summed E-state index contributed by atoms with van der Waals surface area (Å²) in [6.07, 6.45) is -0.956. The molecule has 0 fully saturated rings. The van der Waals surface area contributed by atoms with E-state index < -0.39 is 17.9 Å². The van der Waals surface area contributed by atoms with Gasteiger partial charge in [0.25, 0.3) is 0 Å². The molecule has 1 atom stereocenters. The van der Waals surface area contributed by atoms with E-state index in [-0.39, 0.29) is 5.78 Å². The van der Waals surface area contributed by atoms with Crippen LogP contribution in [0.1, 0.15) is 27.6 Å². The maximum absolute atomic E-state index is 12.9. The van der Waals surface area contributed by atoms with Gasteiger partial charge in [-0.15, -0.1) is 0 Å². The number of hydrogen-bond donors (Lipinski definition) is 1. The second kappa shape index (κ2) is 6.85. The molecular formula is C17H16FNO3. The minimum Gasteiger partial charge on any atom is -0.451 e. The molecule has 5 heteroatoms. The molecule has 0 radical (unpaired) electrons. The summed E-state index contributed by atoms with van der Waals surface area (Å²) in [6.45, 7) is 1.49. The van der Waals surface area contributed by atoms with Crippen LogP contribution in [0, 0.1) is 5.82 Å². The lowest BCUT2D eigenvalue weighted by molar-refractivity contribution is 0.0319. The van der Waals surface area contributed by atoms with Gasteiger partial charge in [0.15, 0.2) is 6.10 Å². The number of hydrogen-bond acceptors (Lipinski definition) is 4. The molecule has 0 saturated heterocycles.